The lowest BCUT2D eigenvalue weighted by atomic mass is 9.97. The van der Waals surface area contributed by atoms with E-state index in [0.29, 0.717) is 10.2 Å². The van der Waals surface area contributed by atoms with Gasteiger partial charge in [0.05, 0.1) is 18.7 Å². The standard InChI is InChI=1S/C23H19ClN2O2S/c1-14(16-3-4-18-12-20(28-2)10-7-17(18)11-16)22(27)26-23-25-21(13-29-23)15-5-8-19(24)9-6-15/h3-14H,1-2H3,(H,25,26,27). The number of nitrogens with one attached hydrogen (secondary N) is 1. The Hall–Kier alpha value is -2.89. The van der Waals surface area contributed by atoms with Gasteiger partial charge in [0.25, 0.3) is 0 Å². The first-order valence-corrected chi connectivity index (χ1v) is 10.4. The fourth-order valence-electron chi connectivity index (χ4n) is 3.09. The maximum Gasteiger partial charge on any atom is 0.233 e. The van der Waals surface area contributed by atoms with Gasteiger partial charge in [0, 0.05) is 16.0 Å². The molecule has 0 aliphatic rings. The van der Waals surface area contributed by atoms with Crippen LogP contribution >= 0.6 is 22.9 Å². The monoisotopic (exact) mass is 422 g/mol. The van der Waals surface area contributed by atoms with Gasteiger partial charge in [-0.3, -0.25) is 4.79 Å². The summed E-state index contributed by atoms with van der Waals surface area (Å²) in [7, 11) is 1.65. The molecule has 0 radical (unpaired) electrons. The SMILES string of the molecule is COc1ccc2cc(C(C)C(=O)Nc3nc(-c4ccc(Cl)cc4)cs3)ccc2c1. The third kappa shape index (κ3) is 4.26. The molecule has 1 heterocycles. The van der Waals surface area contributed by atoms with Crippen molar-refractivity contribution in [1.29, 1.82) is 0 Å². The quantitative estimate of drug-likeness (QED) is 0.406. The van der Waals surface area contributed by atoms with Crippen LogP contribution in [-0.4, -0.2) is 18.0 Å². The molecule has 1 unspecified atom stereocenters. The van der Waals surface area contributed by atoms with Crippen molar-refractivity contribution in [2.45, 2.75) is 12.8 Å². The van der Waals surface area contributed by atoms with E-state index in [1.165, 1.54) is 11.3 Å². The molecule has 0 saturated carbocycles. The number of aromatic nitrogens is 1. The number of carbonyl (C=O) groups is 1. The fraction of sp³-hybridized carbons (Fsp3) is 0.130. The number of hydrogen-bond acceptors (Lipinski definition) is 4. The van der Waals surface area contributed by atoms with E-state index in [1.807, 2.05) is 73.0 Å². The third-order valence-corrected chi connectivity index (χ3v) is 5.85. The van der Waals surface area contributed by atoms with Gasteiger partial charge in [-0.1, -0.05) is 48.0 Å². The fourth-order valence-corrected chi connectivity index (χ4v) is 3.94. The molecule has 3 aromatic carbocycles. The number of hydrogen-bond donors (Lipinski definition) is 1. The van der Waals surface area contributed by atoms with Gasteiger partial charge in [-0.05, 0) is 47.5 Å². The van der Waals surface area contributed by atoms with Crippen LogP contribution in [0.5, 0.6) is 5.75 Å². The van der Waals surface area contributed by atoms with Gasteiger partial charge in [0.1, 0.15) is 5.75 Å². The van der Waals surface area contributed by atoms with Crippen molar-refractivity contribution < 1.29 is 9.53 Å². The van der Waals surface area contributed by atoms with Crippen LogP contribution in [-0.2, 0) is 4.79 Å². The van der Waals surface area contributed by atoms with E-state index in [9.17, 15) is 4.79 Å². The molecule has 0 aliphatic heterocycles. The second kappa shape index (κ2) is 8.23. The molecule has 1 amide bonds. The molecule has 4 aromatic rings. The molecule has 0 fully saturated rings. The first-order valence-electron chi connectivity index (χ1n) is 9.13. The Kier molecular flexibility index (Phi) is 5.51. The Morgan fingerprint density at radius 1 is 1.07 bits per heavy atom. The molecule has 4 nitrogen and oxygen atoms in total. The van der Waals surface area contributed by atoms with Gasteiger partial charge in [0.15, 0.2) is 5.13 Å². The van der Waals surface area contributed by atoms with E-state index in [2.05, 4.69) is 10.3 Å². The minimum absolute atomic E-state index is 0.0881. The highest BCUT2D eigenvalue weighted by molar-refractivity contribution is 7.14. The van der Waals surface area contributed by atoms with Crippen LogP contribution < -0.4 is 10.1 Å². The number of rotatable bonds is 5. The Bertz CT molecular complexity index is 1170. The minimum atomic E-state index is -0.301. The van der Waals surface area contributed by atoms with Gasteiger partial charge in [0.2, 0.25) is 5.91 Å². The number of fused-ring (bicyclic) bond motifs is 1. The highest BCUT2D eigenvalue weighted by Crippen LogP contribution is 2.28. The van der Waals surface area contributed by atoms with Crippen molar-refractivity contribution in [1.82, 2.24) is 4.98 Å². The average molecular weight is 423 g/mol. The third-order valence-electron chi connectivity index (χ3n) is 4.84. The number of amides is 1. The number of nitrogens with zero attached hydrogens (tertiary/aromatic N) is 1. The van der Waals surface area contributed by atoms with Crippen molar-refractivity contribution >= 4 is 44.7 Å². The number of carbonyl (C=O) groups excluding carboxylic acids is 1. The Morgan fingerprint density at radius 3 is 2.55 bits per heavy atom. The number of halogens is 1. The summed E-state index contributed by atoms with van der Waals surface area (Å²) in [5.41, 5.74) is 2.73. The lowest BCUT2D eigenvalue weighted by Crippen LogP contribution is -2.18. The van der Waals surface area contributed by atoms with Crippen LogP contribution in [0.4, 0.5) is 5.13 Å². The second-order valence-electron chi connectivity index (χ2n) is 6.73. The summed E-state index contributed by atoms with van der Waals surface area (Å²) >= 11 is 7.34. The molecule has 1 aromatic heterocycles. The maximum atomic E-state index is 12.8. The summed E-state index contributed by atoms with van der Waals surface area (Å²) in [5, 5.41) is 8.26. The molecular weight excluding hydrogens is 404 g/mol. The van der Waals surface area contributed by atoms with Crippen LogP contribution in [0.3, 0.4) is 0 Å². The molecule has 146 valence electrons. The summed E-state index contributed by atoms with van der Waals surface area (Å²) in [6.07, 6.45) is 0. The molecule has 0 aliphatic carbocycles. The smallest absolute Gasteiger partial charge is 0.233 e. The largest absolute Gasteiger partial charge is 0.497 e. The predicted octanol–water partition coefficient (Wildman–Crippen LogP) is 6.37. The number of anilines is 1. The zero-order valence-corrected chi connectivity index (χ0v) is 17.6. The molecular formula is C23H19ClN2O2S. The van der Waals surface area contributed by atoms with E-state index in [-0.39, 0.29) is 11.8 Å². The van der Waals surface area contributed by atoms with E-state index >= 15 is 0 Å². The van der Waals surface area contributed by atoms with Gasteiger partial charge in [-0.25, -0.2) is 4.98 Å². The molecule has 0 saturated heterocycles. The van der Waals surface area contributed by atoms with E-state index in [0.717, 1.165) is 33.3 Å². The van der Waals surface area contributed by atoms with Gasteiger partial charge in [-0.15, -0.1) is 11.3 Å². The highest BCUT2D eigenvalue weighted by atomic mass is 35.5. The zero-order chi connectivity index (χ0) is 20.4. The minimum Gasteiger partial charge on any atom is -0.497 e. The summed E-state index contributed by atoms with van der Waals surface area (Å²) in [6.45, 7) is 1.90. The molecule has 0 spiro atoms. The van der Waals surface area contributed by atoms with Gasteiger partial charge >= 0.3 is 0 Å². The van der Waals surface area contributed by atoms with E-state index < -0.39 is 0 Å². The van der Waals surface area contributed by atoms with E-state index in [4.69, 9.17) is 16.3 Å². The molecule has 29 heavy (non-hydrogen) atoms. The molecule has 0 bridgehead atoms. The predicted molar refractivity (Wildman–Crippen MR) is 120 cm³/mol. The Balaban J connectivity index is 1.49. The summed E-state index contributed by atoms with van der Waals surface area (Å²) < 4.78 is 5.27. The lowest BCUT2D eigenvalue weighted by molar-refractivity contribution is -0.117. The van der Waals surface area contributed by atoms with Crippen molar-refractivity contribution in [3.63, 3.8) is 0 Å². The van der Waals surface area contributed by atoms with Crippen LogP contribution in [0.1, 0.15) is 18.4 Å². The van der Waals surface area contributed by atoms with E-state index in [1.54, 1.807) is 7.11 Å². The van der Waals surface area contributed by atoms with Crippen molar-refractivity contribution in [3.05, 3.63) is 76.6 Å². The number of methoxy groups -OCH3 is 1. The first kappa shape index (κ1) is 19.4. The summed E-state index contributed by atoms with van der Waals surface area (Å²) in [6, 6.07) is 19.4. The zero-order valence-electron chi connectivity index (χ0n) is 16.0. The highest BCUT2D eigenvalue weighted by Gasteiger charge is 2.17. The van der Waals surface area contributed by atoms with Crippen molar-refractivity contribution in [2.24, 2.45) is 0 Å². The van der Waals surface area contributed by atoms with Gasteiger partial charge in [-0.2, -0.15) is 0 Å². The van der Waals surface area contributed by atoms with Crippen LogP contribution in [0.15, 0.2) is 66.0 Å². The van der Waals surface area contributed by atoms with Crippen molar-refractivity contribution in [3.8, 4) is 17.0 Å². The number of thiazole rings is 1. The summed E-state index contributed by atoms with van der Waals surface area (Å²) in [5.74, 6) is 0.426. The average Bonchev–Trinajstić information content (AvgIpc) is 3.21. The van der Waals surface area contributed by atoms with Gasteiger partial charge < -0.3 is 10.1 Å². The molecule has 1 atom stereocenters. The van der Waals surface area contributed by atoms with Crippen LogP contribution in [0, 0.1) is 0 Å². The topological polar surface area (TPSA) is 51.2 Å². The van der Waals surface area contributed by atoms with Crippen LogP contribution in [0.2, 0.25) is 5.02 Å². The molecule has 1 N–H and O–H groups in total. The maximum absolute atomic E-state index is 12.8. The number of ether oxygens (including phenoxy) is 1. The second-order valence-corrected chi connectivity index (χ2v) is 8.02. The normalized spacial score (nSPS) is 12.0. The Morgan fingerprint density at radius 2 is 1.79 bits per heavy atom. The Labute approximate surface area is 178 Å². The lowest BCUT2D eigenvalue weighted by Gasteiger charge is -2.12. The first-order chi connectivity index (χ1) is 14.0. The molecule has 6 heteroatoms. The molecule has 4 rings (SSSR count). The summed E-state index contributed by atoms with van der Waals surface area (Å²) in [4.78, 5) is 17.3. The van der Waals surface area contributed by atoms with Crippen molar-refractivity contribution in [2.75, 3.05) is 12.4 Å². The number of benzene rings is 3. The van der Waals surface area contributed by atoms with Crippen LogP contribution in [0.25, 0.3) is 22.0 Å².